The normalized spacial score (nSPS) is 11.6. The molecule has 1 heteroatoms. The van der Waals surface area contributed by atoms with Crippen LogP contribution in [0.3, 0.4) is 0 Å². The van der Waals surface area contributed by atoms with E-state index in [1.807, 2.05) is 0 Å². The van der Waals surface area contributed by atoms with Crippen LogP contribution in [-0.4, -0.2) is 6.16 Å². The molecule has 1 aromatic carbocycles. The van der Waals surface area contributed by atoms with Crippen molar-refractivity contribution in [3.63, 3.8) is 0 Å². The Morgan fingerprint density at radius 3 is 1.36 bits per heavy atom. The Kier molecular flexibility index (Phi) is 16.7. The van der Waals surface area contributed by atoms with Gasteiger partial charge in [-0.3, -0.25) is 0 Å². The van der Waals surface area contributed by atoms with Gasteiger partial charge >= 0.3 is 0 Å². The van der Waals surface area contributed by atoms with Gasteiger partial charge in [-0.15, -0.1) is 0 Å². The molecule has 0 nitrogen and oxygen atoms in total. The summed E-state index contributed by atoms with van der Waals surface area (Å²) in [5, 5.41) is 1.53. The summed E-state index contributed by atoms with van der Waals surface area (Å²) in [7, 11) is 1.02. The lowest BCUT2D eigenvalue weighted by Crippen LogP contribution is -1.93. The van der Waals surface area contributed by atoms with Crippen LogP contribution in [0, 0.1) is 0 Å². The van der Waals surface area contributed by atoms with E-state index in [2.05, 4.69) is 37.3 Å². The highest BCUT2D eigenvalue weighted by Crippen LogP contribution is 2.16. The Hall–Kier alpha value is -0.350. The van der Waals surface area contributed by atoms with Gasteiger partial charge in [-0.1, -0.05) is 142 Å². The maximum atomic E-state index is 2.30. The summed E-state index contributed by atoms with van der Waals surface area (Å²) >= 11 is 0. The molecule has 144 valence electrons. The molecule has 1 atom stereocenters. The lowest BCUT2D eigenvalue weighted by Gasteiger charge is -2.04. The van der Waals surface area contributed by atoms with Crippen LogP contribution in [0.5, 0.6) is 0 Å². The van der Waals surface area contributed by atoms with Crippen LogP contribution in [0.1, 0.15) is 110 Å². The van der Waals surface area contributed by atoms with Crippen LogP contribution in [-0.2, 0) is 0 Å². The summed E-state index contributed by atoms with van der Waals surface area (Å²) in [6.45, 7) is 2.30. The van der Waals surface area contributed by atoms with Crippen molar-refractivity contribution >= 4 is 13.9 Å². The van der Waals surface area contributed by atoms with Gasteiger partial charge in [-0.25, -0.2) is 0 Å². The SMILES string of the molecule is CCCCCCCCCCCCCCCCCCPc1ccccc1. The fraction of sp³-hybridized carbons (Fsp3) is 0.750. The number of hydrogen-bond acceptors (Lipinski definition) is 0. The van der Waals surface area contributed by atoms with Gasteiger partial charge in [-0.2, -0.15) is 0 Å². The highest BCUT2D eigenvalue weighted by molar-refractivity contribution is 7.47. The monoisotopic (exact) mass is 362 g/mol. The molecule has 0 aliphatic heterocycles. The summed E-state index contributed by atoms with van der Waals surface area (Å²) in [5.41, 5.74) is 0. The van der Waals surface area contributed by atoms with Gasteiger partial charge in [0.1, 0.15) is 0 Å². The third kappa shape index (κ3) is 15.6. The number of rotatable bonds is 18. The van der Waals surface area contributed by atoms with E-state index in [1.54, 1.807) is 0 Å². The van der Waals surface area contributed by atoms with E-state index in [1.165, 1.54) is 114 Å². The van der Waals surface area contributed by atoms with Crippen LogP contribution >= 0.6 is 8.58 Å². The zero-order valence-electron chi connectivity index (χ0n) is 16.9. The smallest absolute Gasteiger partial charge is 0.0271 e. The van der Waals surface area contributed by atoms with Crippen molar-refractivity contribution in [2.75, 3.05) is 6.16 Å². The van der Waals surface area contributed by atoms with Gasteiger partial charge in [0.05, 0.1) is 0 Å². The molecule has 0 aliphatic carbocycles. The quantitative estimate of drug-likeness (QED) is 0.182. The van der Waals surface area contributed by atoms with Crippen LogP contribution in [0.4, 0.5) is 0 Å². The average molecular weight is 363 g/mol. The minimum Gasteiger partial charge on any atom is -0.0904 e. The van der Waals surface area contributed by atoms with Gasteiger partial charge in [-0.05, 0) is 17.9 Å². The minimum absolute atomic E-state index is 1.02. The molecule has 0 N–H and O–H groups in total. The molecule has 0 radical (unpaired) electrons. The maximum absolute atomic E-state index is 2.30. The molecule has 0 spiro atoms. The second-order valence-corrected chi connectivity index (χ2v) is 9.03. The largest absolute Gasteiger partial charge is 0.0904 e. The maximum Gasteiger partial charge on any atom is -0.0271 e. The average Bonchev–Trinajstić information content (AvgIpc) is 2.65. The van der Waals surface area contributed by atoms with Crippen molar-refractivity contribution in [2.24, 2.45) is 0 Å². The Morgan fingerprint density at radius 1 is 0.520 bits per heavy atom. The molecule has 25 heavy (non-hydrogen) atoms. The second-order valence-electron chi connectivity index (χ2n) is 7.60. The van der Waals surface area contributed by atoms with E-state index in [-0.39, 0.29) is 0 Å². The lowest BCUT2D eigenvalue weighted by molar-refractivity contribution is 0.531. The molecule has 0 amide bonds. The lowest BCUT2D eigenvalue weighted by atomic mass is 10.0. The van der Waals surface area contributed by atoms with Gasteiger partial charge < -0.3 is 0 Å². The van der Waals surface area contributed by atoms with Gasteiger partial charge in [0, 0.05) is 0 Å². The first-order chi connectivity index (χ1) is 12.4. The highest BCUT2D eigenvalue weighted by Gasteiger charge is 1.95. The summed E-state index contributed by atoms with van der Waals surface area (Å²) in [6, 6.07) is 11.0. The van der Waals surface area contributed by atoms with Crippen molar-refractivity contribution in [3.8, 4) is 0 Å². The molecule has 0 fully saturated rings. The predicted octanol–water partition coefficient (Wildman–Crippen LogP) is 8.25. The van der Waals surface area contributed by atoms with E-state index in [0.717, 1.165) is 8.58 Å². The molecule has 1 rings (SSSR count). The molecular weight excluding hydrogens is 319 g/mol. The van der Waals surface area contributed by atoms with Crippen molar-refractivity contribution < 1.29 is 0 Å². The molecule has 1 unspecified atom stereocenters. The molecule has 0 aromatic heterocycles. The van der Waals surface area contributed by atoms with Crippen LogP contribution in [0.2, 0.25) is 0 Å². The standard InChI is InChI=1S/C24H43P/c1-2-3-4-5-6-7-8-9-10-11-12-13-14-15-16-20-23-25-24-21-18-17-19-22-24/h17-19,21-22,25H,2-16,20,23H2,1H3. The van der Waals surface area contributed by atoms with Crippen molar-refractivity contribution in [3.05, 3.63) is 30.3 Å². The Morgan fingerprint density at radius 2 is 0.920 bits per heavy atom. The fourth-order valence-corrected chi connectivity index (χ4v) is 4.61. The third-order valence-corrected chi connectivity index (χ3v) is 6.48. The molecule has 0 bridgehead atoms. The van der Waals surface area contributed by atoms with E-state index in [0.29, 0.717) is 0 Å². The molecular formula is C24H43P. The number of benzene rings is 1. The Labute approximate surface area is 160 Å². The Balaban J connectivity index is 1.69. The molecule has 0 saturated heterocycles. The summed E-state index contributed by atoms with van der Waals surface area (Å²) < 4.78 is 0. The second kappa shape index (κ2) is 18.4. The molecule has 0 aliphatic rings. The first-order valence-electron chi connectivity index (χ1n) is 11.2. The zero-order valence-corrected chi connectivity index (χ0v) is 17.9. The van der Waals surface area contributed by atoms with Crippen LogP contribution in [0.25, 0.3) is 0 Å². The Bertz CT molecular complexity index is 360. The first kappa shape index (κ1) is 22.7. The molecule has 0 heterocycles. The molecule has 0 saturated carbocycles. The zero-order chi connectivity index (χ0) is 17.8. The van der Waals surface area contributed by atoms with Gasteiger partial charge in [0.25, 0.3) is 0 Å². The minimum atomic E-state index is 1.02. The first-order valence-corrected chi connectivity index (χ1v) is 12.4. The summed E-state index contributed by atoms with van der Waals surface area (Å²) in [6.07, 6.45) is 24.7. The highest BCUT2D eigenvalue weighted by atomic mass is 31.1. The summed E-state index contributed by atoms with van der Waals surface area (Å²) in [5.74, 6) is 0. The number of hydrogen-bond donors (Lipinski definition) is 0. The van der Waals surface area contributed by atoms with Crippen LogP contribution in [0.15, 0.2) is 30.3 Å². The van der Waals surface area contributed by atoms with E-state index < -0.39 is 0 Å². The van der Waals surface area contributed by atoms with E-state index in [9.17, 15) is 0 Å². The van der Waals surface area contributed by atoms with Crippen LogP contribution < -0.4 is 5.30 Å². The van der Waals surface area contributed by atoms with Gasteiger partial charge in [0.2, 0.25) is 0 Å². The third-order valence-electron chi connectivity index (χ3n) is 5.13. The fourth-order valence-electron chi connectivity index (χ4n) is 3.46. The van der Waals surface area contributed by atoms with Crippen molar-refractivity contribution in [1.82, 2.24) is 0 Å². The van der Waals surface area contributed by atoms with Gasteiger partial charge in [0.15, 0.2) is 0 Å². The topological polar surface area (TPSA) is 0 Å². The number of unbranched alkanes of at least 4 members (excludes halogenated alkanes) is 15. The van der Waals surface area contributed by atoms with Crippen molar-refractivity contribution in [2.45, 2.75) is 110 Å². The van der Waals surface area contributed by atoms with Crippen molar-refractivity contribution in [1.29, 1.82) is 0 Å². The van der Waals surface area contributed by atoms with E-state index >= 15 is 0 Å². The predicted molar refractivity (Wildman–Crippen MR) is 119 cm³/mol. The van der Waals surface area contributed by atoms with E-state index in [4.69, 9.17) is 0 Å². The molecule has 1 aromatic rings. The summed E-state index contributed by atoms with van der Waals surface area (Å²) in [4.78, 5) is 0.